The van der Waals surface area contributed by atoms with Crippen LogP contribution >= 0.6 is 11.3 Å². The number of aryl methyl sites for hydroxylation is 1. The van der Waals surface area contributed by atoms with Gasteiger partial charge in [-0.15, -0.1) is 11.3 Å². The second-order valence-electron chi connectivity index (χ2n) is 21.1. The maximum atomic E-state index is 14.7. The minimum atomic E-state index is -0.935. The smallest absolute Gasteiger partial charge is 0.324 e. The minimum Gasteiger partial charge on any atom is -0.464 e. The van der Waals surface area contributed by atoms with E-state index in [2.05, 4.69) is 98.3 Å². The number of pyridine rings is 1. The second-order valence-corrected chi connectivity index (χ2v) is 22.1. The summed E-state index contributed by atoms with van der Waals surface area (Å²) in [4.78, 5) is 70.9. The summed E-state index contributed by atoms with van der Waals surface area (Å²) in [6, 6.07) is 8.61. The summed E-state index contributed by atoms with van der Waals surface area (Å²) < 4.78 is 8.54. The lowest BCUT2D eigenvalue weighted by atomic mass is 9.84. The molecule has 8 heterocycles. The van der Waals surface area contributed by atoms with Crippen LogP contribution in [-0.2, 0) is 43.3 Å². The third-order valence-corrected chi connectivity index (χ3v) is 15.5. The van der Waals surface area contributed by atoms with Crippen LogP contribution in [0.5, 0.6) is 0 Å². The Morgan fingerprint density at radius 1 is 1.05 bits per heavy atom. The molecular weight excluding hydrogens is 839 g/mol. The van der Waals surface area contributed by atoms with Crippen molar-refractivity contribution in [2.24, 2.45) is 16.7 Å². The van der Waals surface area contributed by atoms with E-state index in [0.29, 0.717) is 38.9 Å². The molecule has 14 nitrogen and oxygen atoms in total. The van der Waals surface area contributed by atoms with Gasteiger partial charge in [0.15, 0.2) is 0 Å². The van der Waals surface area contributed by atoms with Crippen molar-refractivity contribution >= 4 is 45.9 Å². The van der Waals surface area contributed by atoms with Gasteiger partial charge in [-0.1, -0.05) is 47.6 Å². The van der Waals surface area contributed by atoms with Crippen molar-refractivity contribution in [1.82, 2.24) is 45.4 Å². The first-order valence-corrected chi connectivity index (χ1v) is 24.7. The molecule has 6 bridgehead atoms. The molecule has 65 heavy (non-hydrogen) atoms. The number of hydrogen-bond acceptors (Lipinski definition) is 11. The van der Waals surface area contributed by atoms with E-state index in [1.54, 1.807) is 0 Å². The summed E-state index contributed by atoms with van der Waals surface area (Å²) in [5, 5.41) is 11.9. The first-order chi connectivity index (χ1) is 31.0. The Morgan fingerprint density at radius 2 is 1.83 bits per heavy atom. The number of hydrazine groups is 1. The molecule has 0 aliphatic carbocycles. The van der Waals surface area contributed by atoms with E-state index < -0.39 is 35.0 Å². The SMILES string of the molecule is CCn1c(-c2cccnc2C(C)C)c2c3cc(ccc31)-c1csc(n1)C[C@H](NC(=O)[C@H](C(C)C)N1CC[C@]3(CCN(C(=O)[C@@]4(C)CN4)C3)C1)C(=O)N1CCC[C@H](N1)C(=O)OCC(C)(C)C2. The van der Waals surface area contributed by atoms with Crippen LogP contribution in [-0.4, -0.2) is 123 Å². The number of nitrogens with one attached hydrogen (secondary N) is 3. The molecule has 5 atom stereocenters. The fourth-order valence-corrected chi connectivity index (χ4v) is 11.9. The average molecular weight is 906 g/mol. The molecule has 9 rings (SSSR count). The van der Waals surface area contributed by atoms with Gasteiger partial charge >= 0.3 is 5.97 Å². The highest BCUT2D eigenvalue weighted by molar-refractivity contribution is 7.10. The molecule has 5 aliphatic rings. The van der Waals surface area contributed by atoms with Crippen LogP contribution in [0, 0.1) is 16.7 Å². The number of hydrogen-bond donors (Lipinski definition) is 3. The molecule has 4 fully saturated rings. The molecule has 1 spiro atoms. The first kappa shape index (κ1) is 45.5. The van der Waals surface area contributed by atoms with Crippen LogP contribution in [0.1, 0.15) is 103 Å². The Morgan fingerprint density at radius 3 is 2.57 bits per heavy atom. The zero-order valence-corrected chi connectivity index (χ0v) is 40.3. The topological polar surface area (TPSA) is 164 Å². The molecule has 5 aliphatic heterocycles. The quantitative estimate of drug-likeness (QED) is 0.143. The van der Waals surface area contributed by atoms with Gasteiger partial charge in [0.25, 0.3) is 5.91 Å². The van der Waals surface area contributed by atoms with Gasteiger partial charge in [-0.25, -0.2) is 10.4 Å². The predicted molar refractivity (Wildman–Crippen MR) is 253 cm³/mol. The zero-order valence-electron chi connectivity index (χ0n) is 39.5. The lowest BCUT2D eigenvalue weighted by Crippen LogP contribution is -2.62. The summed E-state index contributed by atoms with van der Waals surface area (Å²) in [6.45, 7) is 21.8. The van der Waals surface area contributed by atoms with Gasteiger partial charge in [0, 0.05) is 90.1 Å². The van der Waals surface area contributed by atoms with E-state index >= 15 is 0 Å². The number of carbonyl (C=O) groups excluding carboxylic acids is 4. The minimum absolute atomic E-state index is 0.0332. The number of thiazole rings is 1. The summed E-state index contributed by atoms with van der Waals surface area (Å²) in [5.74, 6) is -0.560. The molecule has 4 saturated heterocycles. The Hall–Kier alpha value is -4.70. The normalized spacial score (nSPS) is 26.6. The van der Waals surface area contributed by atoms with Gasteiger partial charge in [0.1, 0.15) is 17.6 Å². The van der Waals surface area contributed by atoms with Gasteiger partial charge in [-0.3, -0.25) is 34.1 Å². The van der Waals surface area contributed by atoms with E-state index in [1.807, 2.05) is 29.5 Å². The van der Waals surface area contributed by atoms with Crippen molar-refractivity contribution in [3.8, 4) is 22.5 Å². The molecule has 3 aromatic heterocycles. The van der Waals surface area contributed by atoms with Crippen molar-refractivity contribution < 1.29 is 23.9 Å². The third-order valence-electron chi connectivity index (χ3n) is 14.6. The van der Waals surface area contributed by atoms with E-state index in [0.717, 1.165) is 83.1 Å². The predicted octanol–water partition coefficient (Wildman–Crippen LogP) is 5.93. The largest absolute Gasteiger partial charge is 0.464 e. The number of likely N-dealkylation sites (tertiary alicyclic amines) is 2. The van der Waals surface area contributed by atoms with Crippen LogP contribution in [0.4, 0.5) is 0 Å². The number of cyclic esters (lactones) is 1. The van der Waals surface area contributed by atoms with Gasteiger partial charge in [0.05, 0.1) is 34.7 Å². The number of esters is 1. The van der Waals surface area contributed by atoms with Gasteiger partial charge in [-0.05, 0) is 94.2 Å². The van der Waals surface area contributed by atoms with Crippen molar-refractivity contribution in [3.05, 3.63) is 58.2 Å². The number of carbonyl (C=O) groups is 4. The third kappa shape index (κ3) is 8.85. The lowest BCUT2D eigenvalue weighted by molar-refractivity contribution is -0.155. The highest BCUT2D eigenvalue weighted by Gasteiger charge is 2.53. The van der Waals surface area contributed by atoms with Crippen LogP contribution in [0.25, 0.3) is 33.4 Å². The molecule has 348 valence electrons. The molecule has 15 heteroatoms. The molecule has 1 aromatic carbocycles. The molecule has 3 amide bonds. The van der Waals surface area contributed by atoms with E-state index in [-0.39, 0.29) is 48.0 Å². The van der Waals surface area contributed by atoms with Crippen molar-refractivity contribution in [2.45, 2.75) is 130 Å². The number of fused-ring (bicyclic) bond motifs is 6. The van der Waals surface area contributed by atoms with Gasteiger partial charge in [-0.2, -0.15) is 0 Å². The number of aromatic nitrogens is 3. The maximum absolute atomic E-state index is 14.7. The fraction of sp³-hybridized carbons (Fsp3) is 0.600. The molecular formula is C50H67N9O5S. The molecule has 0 saturated carbocycles. The molecule has 3 N–H and O–H groups in total. The Kier molecular flexibility index (Phi) is 12.2. The van der Waals surface area contributed by atoms with Crippen LogP contribution < -0.4 is 16.1 Å². The number of benzene rings is 1. The van der Waals surface area contributed by atoms with Crippen LogP contribution in [0.3, 0.4) is 0 Å². The van der Waals surface area contributed by atoms with E-state index in [9.17, 15) is 19.2 Å². The highest BCUT2D eigenvalue weighted by atomic mass is 32.1. The summed E-state index contributed by atoms with van der Waals surface area (Å²) in [6.07, 6.45) is 5.66. The maximum Gasteiger partial charge on any atom is 0.324 e. The first-order valence-electron chi connectivity index (χ1n) is 23.9. The van der Waals surface area contributed by atoms with Gasteiger partial charge in [0.2, 0.25) is 11.8 Å². The lowest BCUT2D eigenvalue weighted by Gasteiger charge is -2.36. The zero-order chi connectivity index (χ0) is 46.0. The summed E-state index contributed by atoms with van der Waals surface area (Å²) in [7, 11) is 0. The Balaban J connectivity index is 1.05. The van der Waals surface area contributed by atoms with E-state index in [1.165, 1.54) is 21.9 Å². The van der Waals surface area contributed by atoms with Crippen LogP contribution in [0.2, 0.25) is 0 Å². The fourth-order valence-electron chi connectivity index (χ4n) is 11.0. The summed E-state index contributed by atoms with van der Waals surface area (Å²) >= 11 is 1.49. The van der Waals surface area contributed by atoms with E-state index in [4.69, 9.17) is 14.7 Å². The van der Waals surface area contributed by atoms with Crippen LogP contribution in [0.15, 0.2) is 41.9 Å². The highest BCUT2D eigenvalue weighted by Crippen LogP contribution is 2.44. The average Bonchev–Trinajstić information content (AvgIpc) is 3.66. The number of ether oxygens (including phenoxy) is 1. The second kappa shape index (κ2) is 17.5. The standard InChI is InChI=1S/C50H67N9O5S/c1-9-58-39-15-14-32-22-34(39)35(43(58)33-12-10-18-51-41(33)30(2)3)24-48(6,7)29-64-46(62)36-13-11-19-59(55-36)45(61)37(23-40-53-38(32)25-65-40)54-44(60)42(31(4)5)56-20-16-50(27-56)17-21-57(28-50)47(63)49(8)26-52-49/h10,12,14-15,18,22,25,30-31,36-37,42,52,55H,9,11,13,16-17,19-21,23-24,26-29H2,1-8H3,(H,54,60)/t36-,37-,42-,49+,50-/m0/s1. The Bertz CT molecular complexity index is 2490. The van der Waals surface area contributed by atoms with Crippen molar-refractivity contribution in [2.75, 3.05) is 45.9 Å². The number of amides is 3. The van der Waals surface area contributed by atoms with Gasteiger partial charge < -0.3 is 24.8 Å². The molecule has 0 radical (unpaired) electrons. The molecule has 0 unspecified atom stereocenters. The number of rotatable bonds is 8. The number of nitrogens with zero attached hydrogens (tertiary/aromatic N) is 6. The molecule has 4 aromatic rings. The monoisotopic (exact) mass is 905 g/mol. The van der Waals surface area contributed by atoms with Crippen molar-refractivity contribution in [1.29, 1.82) is 0 Å². The Labute approximate surface area is 387 Å². The summed E-state index contributed by atoms with van der Waals surface area (Å²) in [5.41, 5.74) is 9.62. The van der Waals surface area contributed by atoms with Crippen molar-refractivity contribution in [3.63, 3.8) is 0 Å².